The summed E-state index contributed by atoms with van der Waals surface area (Å²) in [5.41, 5.74) is 5.18. The van der Waals surface area contributed by atoms with Crippen LogP contribution in [0.1, 0.15) is 5.56 Å². The number of nitrogens with one attached hydrogen (secondary N) is 1. The molecule has 0 saturated carbocycles. The van der Waals surface area contributed by atoms with E-state index in [-0.39, 0.29) is 11.3 Å². The Morgan fingerprint density at radius 2 is 1.64 bits per heavy atom. The van der Waals surface area contributed by atoms with Crippen molar-refractivity contribution in [1.29, 1.82) is 10.9 Å². The minimum Gasteiger partial charge on any atom is -0.282 e. The van der Waals surface area contributed by atoms with E-state index < -0.39 is 41.3 Å². The highest BCUT2D eigenvalue weighted by Gasteiger charge is 2.36. The van der Waals surface area contributed by atoms with Crippen LogP contribution in [0, 0.1) is 10.9 Å². The minimum atomic E-state index is -5.28. The van der Waals surface area contributed by atoms with Crippen LogP contribution in [0.25, 0.3) is 9.99 Å². The summed E-state index contributed by atoms with van der Waals surface area (Å²) < 4.78 is 67.7. The third-order valence-corrected chi connectivity index (χ3v) is 5.34. The van der Waals surface area contributed by atoms with Crippen LogP contribution >= 0.6 is 0 Å². The zero-order chi connectivity index (χ0) is 20.9. The maximum Gasteiger partial charge on any atom is 0.339 e. The molecule has 0 radical (unpaired) electrons. The first kappa shape index (κ1) is 20.9. The van der Waals surface area contributed by atoms with Gasteiger partial charge in [0.1, 0.15) is 15.5 Å². The summed E-state index contributed by atoms with van der Waals surface area (Å²) in [5, 5.41) is 20.7. The topological polar surface area (TPSA) is 198 Å². The van der Waals surface area contributed by atoms with Gasteiger partial charge in [-0.2, -0.15) is 22.4 Å². The van der Waals surface area contributed by atoms with Gasteiger partial charge in [-0.1, -0.05) is 47.7 Å². The monoisotopic (exact) mass is 423 g/mol. The fourth-order valence-corrected chi connectivity index (χ4v) is 4.57. The molecule has 28 heavy (non-hydrogen) atoms. The van der Waals surface area contributed by atoms with Crippen LogP contribution in [0.3, 0.4) is 0 Å². The van der Waals surface area contributed by atoms with E-state index in [2.05, 4.69) is 20.5 Å². The molecule has 2 rings (SSSR count). The molecule has 1 aromatic carbocycles. The predicted octanol–water partition coefficient (Wildman–Crippen LogP) is 2.22. The van der Waals surface area contributed by atoms with Crippen molar-refractivity contribution in [2.45, 2.75) is 0 Å². The van der Waals surface area contributed by atoms with Crippen molar-refractivity contribution in [2.75, 3.05) is 0 Å². The molecule has 0 spiro atoms. The van der Waals surface area contributed by atoms with Gasteiger partial charge in [0.15, 0.2) is 10.8 Å². The second-order valence-corrected chi connectivity index (χ2v) is 7.75. The van der Waals surface area contributed by atoms with Gasteiger partial charge in [-0.05, 0) is 11.6 Å². The SMILES string of the molecule is N#[N+]N=C1C(C(=C(c2ccccc2)S(=O)(=O)O)S(=O)(=O)O)=CC=CC1=NN=N. The number of hydrogen-bond acceptors (Lipinski definition) is 8. The van der Waals surface area contributed by atoms with Gasteiger partial charge < -0.3 is 0 Å². The number of rotatable bonds is 5. The van der Waals surface area contributed by atoms with Gasteiger partial charge >= 0.3 is 5.08 Å². The molecule has 1 aliphatic rings. The van der Waals surface area contributed by atoms with Crippen LogP contribution in [0.2, 0.25) is 0 Å². The molecule has 0 aliphatic heterocycles. The summed E-state index contributed by atoms with van der Waals surface area (Å²) in [6.45, 7) is 0. The van der Waals surface area contributed by atoms with Gasteiger partial charge in [-0.15, -0.1) is 5.10 Å². The van der Waals surface area contributed by atoms with E-state index >= 15 is 0 Å². The molecule has 0 aromatic heterocycles. The van der Waals surface area contributed by atoms with Crippen LogP contribution in [0.15, 0.2) is 74.5 Å². The van der Waals surface area contributed by atoms with Crippen molar-refractivity contribution in [3.63, 3.8) is 0 Å². The predicted molar refractivity (Wildman–Crippen MR) is 98.8 cm³/mol. The lowest BCUT2D eigenvalue weighted by molar-refractivity contribution is 0.488. The summed E-state index contributed by atoms with van der Waals surface area (Å²) in [6, 6.07) is 6.64. The largest absolute Gasteiger partial charge is 0.339 e. The molecular formula is C14H11N6O6S2+. The quantitative estimate of drug-likeness (QED) is 0.212. The highest BCUT2D eigenvalue weighted by atomic mass is 32.2. The molecule has 0 bridgehead atoms. The molecule has 12 nitrogen and oxygen atoms in total. The molecule has 0 heterocycles. The van der Waals surface area contributed by atoms with Crippen molar-refractivity contribution in [3.8, 4) is 0 Å². The van der Waals surface area contributed by atoms with Crippen LogP contribution < -0.4 is 0 Å². The first-order chi connectivity index (χ1) is 13.1. The van der Waals surface area contributed by atoms with E-state index in [0.29, 0.717) is 0 Å². The molecule has 1 aromatic rings. The van der Waals surface area contributed by atoms with E-state index in [1.54, 1.807) is 0 Å². The molecule has 0 fully saturated rings. The van der Waals surface area contributed by atoms with Crippen molar-refractivity contribution >= 4 is 36.6 Å². The van der Waals surface area contributed by atoms with E-state index in [0.717, 1.165) is 6.08 Å². The average Bonchev–Trinajstić information content (AvgIpc) is 2.60. The Bertz CT molecular complexity index is 1220. The molecule has 3 N–H and O–H groups in total. The van der Waals surface area contributed by atoms with Gasteiger partial charge in [0.2, 0.25) is 0 Å². The van der Waals surface area contributed by atoms with E-state index in [4.69, 9.17) is 10.9 Å². The molecule has 0 unspecified atom stereocenters. The standard InChI is InChI=1S/C14H10N6O6S2/c15-19-17-11-8-4-7-10(12(11)18-20-16)14(28(24,25)26)13(27(21,22)23)9-5-2-1-3-6-9/h1-8,15H,(H-,21,22,23,24,25,26)/p+1. The number of diazo groups is 1. The number of benzene rings is 1. The van der Waals surface area contributed by atoms with Gasteiger partial charge in [-0.25, -0.2) is 0 Å². The van der Waals surface area contributed by atoms with Crippen LogP contribution in [0.4, 0.5) is 0 Å². The molecule has 0 atom stereocenters. The zero-order valence-electron chi connectivity index (χ0n) is 13.7. The Hall–Kier alpha value is -3.38. The first-order valence-electron chi connectivity index (χ1n) is 7.12. The lowest BCUT2D eigenvalue weighted by Crippen LogP contribution is -2.23. The number of allylic oxidation sites excluding steroid dienone is 4. The smallest absolute Gasteiger partial charge is 0.282 e. The fraction of sp³-hybridized carbons (Fsp3) is 0. The third kappa shape index (κ3) is 4.47. The lowest BCUT2D eigenvalue weighted by atomic mass is 9.99. The molecule has 14 heteroatoms. The summed E-state index contributed by atoms with van der Waals surface area (Å²) in [4.78, 5) is -2.37. The Labute approximate surface area is 158 Å². The van der Waals surface area contributed by atoms with E-state index in [1.807, 2.05) is 0 Å². The zero-order valence-corrected chi connectivity index (χ0v) is 15.3. The fourth-order valence-electron chi connectivity index (χ4n) is 2.36. The summed E-state index contributed by atoms with van der Waals surface area (Å²) in [7, 11) is -10.5. The van der Waals surface area contributed by atoms with Crippen LogP contribution in [-0.4, -0.2) is 37.4 Å². The minimum absolute atomic E-state index is 0.253. The molecule has 0 amide bonds. The summed E-state index contributed by atoms with van der Waals surface area (Å²) >= 11 is 0. The van der Waals surface area contributed by atoms with E-state index in [1.165, 1.54) is 42.5 Å². The van der Waals surface area contributed by atoms with Gasteiger partial charge in [-0.3, -0.25) is 9.11 Å². The molecular weight excluding hydrogens is 412 g/mol. The van der Waals surface area contributed by atoms with Crippen molar-refractivity contribution in [3.05, 3.63) is 69.7 Å². The van der Waals surface area contributed by atoms with E-state index in [9.17, 15) is 25.9 Å². The van der Waals surface area contributed by atoms with Gasteiger partial charge in [0, 0.05) is 5.57 Å². The molecule has 0 saturated heterocycles. The first-order valence-corrected chi connectivity index (χ1v) is 10.00. The molecule has 1 aliphatic carbocycles. The third-order valence-electron chi connectivity index (χ3n) is 3.32. The van der Waals surface area contributed by atoms with Crippen LogP contribution in [0.5, 0.6) is 0 Å². The van der Waals surface area contributed by atoms with Gasteiger partial charge in [0.25, 0.3) is 25.6 Å². The molecule has 144 valence electrons. The summed E-state index contributed by atoms with van der Waals surface area (Å²) in [5.74, 6) is 0. The second-order valence-electron chi connectivity index (χ2n) is 5.04. The van der Waals surface area contributed by atoms with Crippen molar-refractivity contribution < 1.29 is 25.9 Å². The normalized spacial score (nSPS) is 18.4. The lowest BCUT2D eigenvalue weighted by Gasteiger charge is -2.15. The average molecular weight is 423 g/mol. The number of hydrogen-bond donors (Lipinski definition) is 3. The number of nitrogens with zero attached hydrogens (tertiary/aromatic N) is 5. The van der Waals surface area contributed by atoms with Crippen LogP contribution in [-0.2, 0) is 20.2 Å². The highest BCUT2D eigenvalue weighted by molar-refractivity contribution is 7.98. The van der Waals surface area contributed by atoms with Crippen molar-refractivity contribution in [1.82, 2.24) is 0 Å². The Morgan fingerprint density at radius 1 is 1.04 bits per heavy atom. The maximum atomic E-state index is 12.1. The summed E-state index contributed by atoms with van der Waals surface area (Å²) in [6.07, 6.45) is 3.44. The Balaban J connectivity index is 3.04. The maximum absolute atomic E-state index is 12.1. The highest BCUT2D eigenvalue weighted by Crippen LogP contribution is 2.33. The Morgan fingerprint density at radius 3 is 2.14 bits per heavy atom. The second kappa shape index (κ2) is 8.10. The van der Waals surface area contributed by atoms with Crippen molar-refractivity contribution in [2.24, 2.45) is 15.4 Å². The Kier molecular flexibility index (Phi) is 6.06. The van der Waals surface area contributed by atoms with Gasteiger partial charge in [0.05, 0.1) is 0 Å².